The molecule has 1 spiro atoms. The van der Waals surface area contributed by atoms with Crippen molar-refractivity contribution in [3.63, 3.8) is 0 Å². The number of pyridine rings is 1. The molecule has 1 N–H and O–H groups in total. The van der Waals surface area contributed by atoms with Crippen molar-refractivity contribution >= 4 is 17.6 Å². The molecule has 126 valence electrons. The van der Waals surface area contributed by atoms with Gasteiger partial charge in [0.05, 0.1) is 12.2 Å². The van der Waals surface area contributed by atoms with Crippen LogP contribution in [0, 0.1) is 12.8 Å². The average Bonchev–Trinajstić information content (AvgIpc) is 3.04. The molecular weight excluding hydrogens is 304 g/mol. The Morgan fingerprint density at radius 3 is 2.75 bits per heavy atom. The van der Waals surface area contributed by atoms with Crippen LogP contribution in [0.2, 0.25) is 0 Å². The van der Waals surface area contributed by atoms with Crippen molar-refractivity contribution in [2.24, 2.45) is 5.92 Å². The van der Waals surface area contributed by atoms with E-state index in [9.17, 15) is 9.59 Å². The van der Waals surface area contributed by atoms with Gasteiger partial charge in [-0.25, -0.2) is 9.78 Å². The molecule has 24 heavy (non-hydrogen) atoms. The van der Waals surface area contributed by atoms with Crippen LogP contribution in [0.25, 0.3) is 5.65 Å². The maximum Gasteiger partial charge on any atom is 0.325 e. The van der Waals surface area contributed by atoms with Crippen molar-refractivity contribution in [3.8, 4) is 0 Å². The molecule has 1 aliphatic carbocycles. The third-order valence-electron chi connectivity index (χ3n) is 5.34. The molecule has 4 rings (SSSR count). The van der Waals surface area contributed by atoms with Crippen molar-refractivity contribution < 1.29 is 9.59 Å². The molecule has 0 radical (unpaired) electrons. The van der Waals surface area contributed by atoms with Crippen molar-refractivity contribution in [1.29, 1.82) is 0 Å². The summed E-state index contributed by atoms with van der Waals surface area (Å²) >= 11 is 0. The van der Waals surface area contributed by atoms with Crippen LogP contribution in [0.3, 0.4) is 0 Å². The molecule has 3 heterocycles. The molecular formula is C18H22N4O2. The lowest BCUT2D eigenvalue weighted by Crippen LogP contribution is -2.49. The monoisotopic (exact) mass is 326 g/mol. The molecule has 0 unspecified atom stereocenters. The first kappa shape index (κ1) is 15.2. The maximum absolute atomic E-state index is 12.9. The van der Waals surface area contributed by atoms with E-state index in [1.54, 1.807) is 0 Å². The molecule has 0 bridgehead atoms. The molecule has 1 saturated carbocycles. The van der Waals surface area contributed by atoms with Crippen LogP contribution in [-0.2, 0) is 11.3 Å². The largest absolute Gasteiger partial charge is 0.325 e. The first-order valence-corrected chi connectivity index (χ1v) is 8.55. The lowest BCUT2D eigenvalue weighted by atomic mass is 9.77. The Morgan fingerprint density at radius 1 is 1.25 bits per heavy atom. The predicted molar refractivity (Wildman–Crippen MR) is 89.4 cm³/mol. The van der Waals surface area contributed by atoms with E-state index in [2.05, 4.69) is 17.2 Å². The van der Waals surface area contributed by atoms with E-state index in [4.69, 9.17) is 0 Å². The van der Waals surface area contributed by atoms with Crippen LogP contribution in [0.15, 0.2) is 24.5 Å². The summed E-state index contributed by atoms with van der Waals surface area (Å²) in [4.78, 5) is 31.1. The number of carbonyl (C=O) groups is 2. The second-order valence-electron chi connectivity index (χ2n) is 7.29. The average molecular weight is 326 g/mol. The molecule has 0 aromatic carbocycles. The van der Waals surface area contributed by atoms with Gasteiger partial charge < -0.3 is 9.72 Å². The van der Waals surface area contributed by atoms with Crippen molar-refractivity contribution in [2.75, 3.05) is 0 Å². The summed E-state index contributed by atoms with van der Waals surface area (Å²) in [5.41, 5.74) is 2.00. The summed E-state index contributed by atoms with van der Waals surface area (Å²) in [6, 6.07) is 3.65. The number of hydrogen-bond donors (Lipinski definition) is 1. The number of imide groups is 1. The minimum absolute atomic E-state index is 0.0902. The van der Waals surface area contributed by atoms with Crippen LogP contribution in [0.5, 0.6) is 0 Å². The summed E-state index contributed by atoms with van der Waals surface area (Å²) in [6.45, 7) is 4.44. The van der Waals surface area contributed by atoms with Gasteiger partial charge in [0.25, 0.3) is 5.91 Å². The lowest BCUT2D eigenvalue weighted by Gasteiger charge is -2.33. The third kappa shape index (κ3) is 2.37. The highest BCUT2D eigenvalue weighted by Gasteiger charge is 2.52. The van der Waals surface area contributed by atoms with Crippen molar-refractivity contribution in [2.45, 2.75) is 51.6 Å². The smallest absolute Gasteiger partial charge is 0.323 e. The normalized spacial score (nSPS) is 27.2. The predicted octanol–water partition coefficient (Wildman–Crippen LogP) is 2.64. The number of fused-ring (bicyclic) bond motifs is 1. The van der Waals surface area contributed by atoms with Gasteiger partial charge in [0, 0.05) is 12.4 Å². The number of urea groups is 1. The number of nitrogens with one attached hydrogen (secondary N) is 1. The summed E-state index contributed by atoms with van der Waals surface area (Å²) in [6.07, 6.45) is 7.30. The minimum Gasteiger partial charge on any atom is -0.323 e. The Kier molecular flexibility index (Phi) is 3.37. The quantitative estimate of drug-likeness (QED) is 0.863. The van der Waals surface area contributed by atoms with Crippen LogP contribution < -0.4 is 5.32 Å². The highest BCUT2D eigenvalue weighted by atomic mass is 16.2. The fraction of sp³-hybridized carbons (Fsp3) is 0.500. The van der Waals surface area contributed by atoms with Gasteiger partial charge in [-0.3, -0.25) is 9.69 Å². The van der Waals surface area contributed by atoms with E-state index in [0.29, 0.717) is 5.92 Å². The Hall–Kier alpha value is -2.37. The van der Waals surface area contributed by atoms with Crippen LogP contribution in [-0.4, -0.2) is 31.8 Å². The van der Waals surface area contributed by atoms with E-state index in [1.807, 2.05) is 35.9 Å². The Labute approximate surface area is 140 Å². The molecule has 0 atom stereocenters. The zero-order valence-corrected chi connectivity index (χ0v) is 14.1. The molecule has 2 aromatic heterocycles. The summed E-state index contributed by atoms with van der Waals surface area (Å²) in [5.74, 6) is 0.531. The second kappa shape index (κ2) is 5.33. The van der Waals surface area contributed by atoms with Crippen LogP contribution >= 0.6 is 0 Å². The highest BCUT2D eigenvalue weighted by molar-refractivity contribution is 6.07. The SMILES string of the molecule is Cc1ccc2nc(CN3C(=O)NC4(CCC(C)CC4)C3=O)cn2c1. The highest BCUT2D eigenvalue weighted by Crippen LogP contribution is 2.36. The van der Waals surface area contributed by atoms with Gasteiger partial charge in [-0.2, -0.15) is 0 Å². The molecule has 1 aliphatic heterocycles. The Bertz CT molecular complexity index is 818. The van der Waals surface area contributed by atoms with Crippen LogP contribution in [0.4, 0.5) is 4.79 Å². The van der Waals surface area contributed by atoms with E-state index in [0.717, 1.165) is 42.6 Å². The van der Waals surface area contributed by atoms with Gasteiger partial charge in [0.2, 0.25) is 0 Å². The standard InChI is InChI=1S/C18H22N4O2/c1-12-5-7-18(8-6-12)16(23)22(17(24)20-18)11-14-10-21-9-13(2)3-4-15(21)19-14/h3-4,9-10,12H,5-8,11H2,1-2H3,(H,20,24). The van der Waals surface area contributed by atoms with Gasteiger partial charge in [0.1, 0.15) is 11.2 Å². The molecule has 2 fully saturated rings. The van der Waals surface area contributed by atoms with Crippen molar-refractivity contribution in [1.82, 2.24) is 19.6 Å². The van der Waals surface area contributed by atoms with E-state index in [-0.39, 0.29) is 18.5 Å². The van der Waals surface area contributed by atoms with E-state index >= 15 is 0 Å². The Balaban J connectivity index is 1.57. The molecule has 6 heteroatoms. The van der Waals surface area contributed by atoms with Crippen molar-refractivity contribution in [3.05, 3.63) is 35.8 Å². The third-order valence-corrected chi connectivity index (χ3v) is 5.34. The number of aryl methyl sites for hydroxylation is 1. The lowest BCUT2D eigenvalue weighted by molar-refractivity contribution is -0.133. The zero-order valence-electron chi connectivity index (χ0n) is 14.1. The first-order chi connectivity index (χ1) is 11.5. The maximum atomic E-state index is 12.9. The number of amides is 3. The zero-order chi connectivity index (χ0) is 16.9. The first-order valence-electron chi connectivity index (χ1n) is 8.55. The topological polar surface area (TPSA) is 66.7 Å². The van der Waals surface area contributed by atoms with E-state index < -0.39 is 5.54 Å². The fourth-order valence-corrected chi connectivity index (χ4v) is 3.81. The van der Waals surface area contributed by atoms with Gasteiger partial charge in [-0.05, 0) is 50.2 Å². The Morgan fingerprint density at radius 2 is 2.00 bits per heavy atom. The number of rotatable bonds is 2. The van der Waals surface area contributed by atoms with Gasteiger partial charge in [-0.1, -0.05) is 13.0 Å². The molecule has 2 aromatic rings. The van der Waals surface area contributed by atoms with Gasteiger partial charge in [0.15, 0.2) is 0 Å². The summed E-state index contributed by atoms with van der Waals surface area (Å²) in [5, 5.41) is 2.96. The van der Waals surface area contributed by atoms with Gasteiger partial charge in [-0.15, -0.1) is 0 Å². The number of imidazole rings is 1. The number of carbonyl (C=O) groups excluding carboxylic acids is 2. The van der Waals surface area contributed by atoms with Crippen LogP contribution in [0.1, 0.15) is 43.9 Å². The molecule has 1 saturated heterocycles. The molecule has 2 aliphatic rings. The fourth-order valence-electron chi connectivity index (χ4n) is 3.81. The minimum atomic E-state index is -0.681. The summed E-state index contributed by atoms with van der Waals surface area (Å²) < 4.78 is 1.93. The van der Waals surface area contributed by atoms with E-state index in [1.165, 1.54) is 4.90 Å². The second-order valence-corrected chi connectivity index (χ2v) is 7.29. The number of hydrogen-bond acceptors (Lipinski definition) is 3. The number of nitrogens with zero attached hydrogens (tertiary/aromatic N) is 3. The molecule has 3 amide bonds. The molecule has 6 nitrogen and oxygen atoms in total. The summed E-state index contributed by atoms with van der Waals surface area (Å²) in [7, 11) is 0. The number of aromatic nitrogens is 2. The van der Waals surface area contributed by atoms with Gasteiger partial charge >= 0.3 is 6.03 Å².